The summed E-state index contributed by atoms with van der Waals surface area (Å²) in [6, 6.07) is 10.1. The minimum absolute atomic E-state index is 0.383. The van der Waals surface area contributed by atoms with Gasteiger partial charge in [0.2, 0.25) is 0 Å². The molecule has 5 nitrogen and oxygen atoms in total. The van der Waals surface area contributed by atoms with Crippen LogP contribution in [0, 0.1) is 11.3 Å². The SMILES string of the molecule is CC(=CCC/C(C#N)=C/CCc1cn(C(=O)OC(C)(C)C)c2ccccc12)CCCCC=O. The smallest absolute Gasteiger partial charge is 0.419 e. The molecule has 0 saturated heterocycles. The highest BCUT2D eigenvalue weighted by molar-refractivity contribution is 5.92. The summed E-state index contributed by atoms with van der Waals surface area (Å²) in [6.45, 7) is 7.68. The first kappa shape index (κ1) is 26.1. The van der Waals surface area contributed by atoms with Crippen molar-refractivity contribution < 1.29 is 14.3 Å². The highest BCUT2D eigenvalue weighted by atomic mass is 16.6. The first-order chi connectivity index (χ1) is 15.7. The minimum atomic E-state index is -0.560. The molecule has 0 radical (unpaired) electrons. The Morgan fingerprint density at radius 3 is 2.55 bits per heavy atom. The van der Waals surface area contributed by atoms with Gasteiger partial charge >= 0.3 is 6.09 Å². The summed E-state index contributed by atoms with van der Waals surface area (Å²) >= 11 is 0. The molecule has 1 heterocycles. The number of hydrogen-bond donors (Lipinski definition) is 0. The lowest BCUT2D eigenvalue weighted by Gasteiger charge is -2.19. The van der Waals surface area contributed by atoms with Gasteiger partial charge in [-0.3, -0.25) is 4.57 Å². The van der Waals surface area contributed by atoms with Crippen LogP contribution in [0.15, 0.2) is 53.8 Å². The van der Waals surface area contributed by atoms with Crippen LogP contribution in [0.2, 0.25) is 0 Å². The summed E-state index contributed by atoms with van der Waals surface area (Å²) in [5.74, 6) is 0. The van der Waals surface area contributed by atoms with Gasteiger partial charge in [0.15, 0.2) is 0 Å². The molecule has 0 N–H and O–H groups in total. The molecule has 1 aromatic carbocycles. The molecule has 0 bridgehead atoms. The summed E-state index contributed by atoms with van der Waals surface area (Å²) in [6.07, 6.45) is 13.3. The molecule has 0 spiro atoms. The van der Waals surface area contributed by atoms with Crippen molar-refractivity contribution in [3.63, 3.8) is 0 Å². The van der Waals surface area contributed by atoms with Crippen molar-refractivity contribution in [1.82, 2.24) is 4.57 Å². The van der Waals surface area contributed by atoms with E-state index >= 15 is 0 Å². The van der Waals surface area contributed by atoms with Crippen LogP contribution in [0.4, 0.5) is 4.79 Å². The van der Waals surface area contributed by atoms with Gasteiger partial charge in [0, 0.05) is 23.6 Å². The number of nitrogens with zero attached hydrogens (tertiary/aromatic N) is 2. The second-order valence-corrected chi connectivity index (χ2v) is 9.40. The van der Waals surface area contributed by atoms with Gasteiger partial charge in [-0.05, 0) is 84.3 Å². The molecule has 0 amide bonds. The standard InChI is InChI=1S/C28H36N2O3/c1-22(12-6-5-9-19-31)13-10-14-23(20-29)15-11-16-24-21-30(27(32)33-28(2,3)4)26-18-8-7-17-25(24)26/h7-8,13,15,17-19,21H,5-6,9-12,14,16H2,1-4H3/b22-13?,23-15-. The number of rotatable bonds is 11. The van der Waals surface area contributed by atoms with Gasteiger partial charge in [0.25, 0.3) is 0 Å². The van der Waals surface area contributed by atoms with Crippen LogP contribution in [0.5, 0.6) is 0 Å². The quantitative estimate of drug-likeness (QED) is 0.156. The third kappa shape index (κ3) is 8.73. The highest BCUT2D eigenvalue weighted by Gasteiger charge is 2.20. The normalized spacial score (nSPS) is 12.6. The maximum absolute atomic E-state index is 12.7. The molecule has 0 aliphatic rings. The predicted octanol–water partition coefficient (Wildman–Crippen LogP) is 7.29. The third-order valence-electron chi connectivity index (χ3n) is 5.38. The van der Waals surface area contributed by atoms with E-state index in [2.05, 4.69) is 19.1 Å². The zero-order chi connectivity index (χ0) is 24.3. The van der Waals surface area contributed by atoms with Crippen LogP contribution in [0.25, 0.3) is 10.9 Å². The molecule has 5 heteroatoms. The average molecular weight is 449 g/mol. The fourth-order valence-corrected chi connectivity index (χ4v) is 3.72. The van der Waals surface area contributed by atoms with E-state index in [4.69, 9.17) is 4.74 Å². The van der Waals surface area contributed by atoms with Crippen molar-refractivity contribution in [3.05, 3.63) is 59.3 Å². The first-order valence-corrected chi connectivity index (χ1v) is 11.8. The number of fused-ring (bicyclic) bond motifs is 1. The number of carbonyl (C=O) groups is 2. The molecule has 0 fully saturated rings. The maximum Gasteiger partial charge on any atom is 0.419 e. The van der Waals surface area contributed by atoms with E-state index in [0.29, 0.717) is 6.42 Å². The van der Waals surface area contributed by atoms with E-state index in [0.717, 1.165) is 73.3 Å². The lowest BCUT2D eigenvalue weighted by atomic mass is 10.0. The lowest BCUT2D eigenvalue weighted by molar-refractivity contribution is -0.107. The minimum Gasteiger partial charge on any atom is -0.443 e. The number of ether oxygens (including phenoxy) is 1. The van der Waals surface area contributed by atoms with Gasteiger partial charge < -0.3 is 9.53 Å². The molecule has 0 atom stereocenters. The number of nitriles is 1. The maximum atomic E-state index is 12.7. The Bertz CT molecular complexity index is 1050. The average Bonchev–Trinajstić information content (AvgIpc) is 3.13. The number of para-hydroxylation sites is 1. The summed E-state index contributed by atoms with van der Waals surface area (Å²) in [5.41, 5.74) is 3.44. The monoisotopic (exact) mass is 448 g/mol. The zero-order valence-corrected chi connectivity index (χ0v) is 20.4. The molecule has 176 valence electrons. The van der Waals surface area contributed by atoms with E-state index in [9.17, 15) is 14.9 Å². The van der Waals surface area contributed by atoms with E-state index < -0.39 is 5.60 Å². The van der Waals surface area contributed by atoms with Gasteiger partial charge in [0.1, 0.15) is 11.9 Å². The molecule has 0 saturated carbocycles. The lowest BCUT2D eigenvalue weighted by Crippen LogP contribution is -2.26. The van der Waals surface area contributed by atoms with Crippen molar-refractivity contribution in [1.29, 1.82) is 5.26 Å². The Morgan fingerprint density at radius 1 is 1.09 bits per heavy atom. The number of hydrogen-bond acceptors (Lipinski definition) is 4. The Balaban J connectivity index is 1.99. The van der Waals surface area contributed by atoms with Gasteiger partial charge in [-0.2, -0.15) is 5.26 Å². The number of allylic oxidation sites excluding steroid dienone is 4. The van der Waals surface area contributed by atoms with Crippen LogP contribution in [0.3, 0.4) is 0 Å². The van der Waals surface area contributed by atoms with Gasteiger partial charge in [0.05, 0.1) is 11.6 Å². The Morgan fingerprint density at radius 2 is 1.85 bits per heavy atom. The fraction of sp³-hybridized carbons (Fsp3) is 0.464. The van der Waals surface area contributed by atoms with Crippen molar-refractivity contribution >= 4 is 23.3 Å². The topological polar surface area (TPSA) is 72.1 Å². The van der Waals surface area contributed by atoms with E-state index in [1.54, 1.807) is 4.57 Å². The Hall–Kier alpha value is -3.13. The second-order valence-electron chi connectivity index (χ2n) is 9.40. The summed E-state index contributed by atoms with van der Waals surface area (Å²) in [5, 5.41) is 10.5. The molecule has 0 unspecified atom stereocenters. The molecular weight excluding hydrogens is 412 g/mol. The van der Waals surface area contributed by atoms with Crippen molar-refractivity contribution in [2.24, 2.45) is 0 Å². The van der Waals surface area contributed by atoms with Crippen LogP contribution in [0.1, 0.15) is 78.2 Å². The Labute approximate surface area is 197 Å². The predicted molar refractivity (Wildman–Crippen MR) is 133 cm³/mol. The summed E-state index contributed by atoms with van der Waals surface area (Å²) < 4.78 is 7.13. The van der Waals surface area contributed by atoms with Gasteiger partial charge in [-0.15, -0.1) is 0 Å². The van der Waals surface area contributed by atoms with E-state index in [-0.39, 0.29) is 6.09 Å². The van der Waals surface area contributed by atoms with Crippen molar-refractivity contribution in [3.8, 4) is 6.07 Å². The number of aldehydes is 1. The zero-order valence-electron chi connectivity index (χ0n) is 20.4. The van der Waals surface area contributed by atoms with Crippen LogP contribution < -0.4 is 0 Å². The van der Waals surface area contributed by atoms with Gasteiger partial charge in [-0.25, -0.2) is 4.79 Å². The fourth-order valence-electron chi connectivity index (χ4n) is 3.72. The summed E-state index contributed by atoms with van der Waals surface area (Å²) in [7, 11) is 0. The number of unbranched alkanes of at least 4 members (excludes halogenated alkanes) is 2. The van der Waals surface area contributed by atoms with Crippen molar-refractivity contribution in [2.75, 3.05) is 0 Å². The Kier molecular flexibility index (Phi) is 10.1. The van der Waals surface area contributed by atoms with E-state index in [1.807, 2.05) is 57.3 Å². The number of benzene rings is 1. The largest absolute Gasteiger partial charge is 0.443 e. The van der Waals surface area contributed by atoms with Crippen LogP contribution in [-0.2, 0) is 16.0 Å². The first-order valence-electron chi connectivity index (χ1n) is 11.8. The highest BCUT2D eigenvalue weighted by Crippen LogP contribution is 2.24. The molecular formula is C28H36N2O3. The molecule has 33 heavy (non-hydrogen) atoms. The van der Waals surface area contributed by atoms with Crippen LogP contribution >= 0.6 is 0 Å². The number of carbonyl (C=O) groups excluding carboxylic acids is 2. The number of aryl methyl sites for hydroxylation is 1. The van der Waals surface area contributed by atoms with Crippen molar-refractivity contribution in [2.45, 2.75) is 84.7 Å². The molecule has 2 rings (SSSR count). The molecule has 0 aliphatic heterocycles. The molecule has 2 aromatic rings. The third-order valence-corrected chi connectivity index (χ3v) is 5.38. The second kappa shape index (κ2) is 12.8. The molecule has 1 aromatic heterocycles. The molecule has 0 aliphatic carbocycles. The van der Waals surface area contributed by atoms with E-state index in [1.165, 1.54) is 5.57 Å². The summed E-state index contributed by atoms with van der Waals surface area (Å²) in [4.78, 5) is 23.0. The van der Waals surface area contributed by atoms with Gasteiger partial charge in [-0.1, -0.05) is 35.9 Å². The number of aromatic nitrogens is 1. The van der Waals surface area contributed by atoms with Crippen LogP contribution in [-0.4, -0.2) is 22.5 Å².